The van der Waals surface area contributed by atoms with Gasteiger partial charge in [0.15, 0.2) is 11.5 Å². The monoisotopic (exact) mass is 326 g/mol. The molecule has 0 atom stereocenters. The van der Waals surface area contributed by atoms with E-state index in [0.717, 1.165) is 0 Å². The molecule has 0 spiro atoms. The third-order valence-electron chi connectivity index (χ3n) is 3.35. The Morgan fingerprint density at radius 1 is 1.17 bits per heavy atom. The van der Waals surface area contributed by atoms with Gasteiger partial charge in [0.25, 0.3) is 0 Å². The number of ether oxygens (including phenoxy) is 2. The lowest BCUT2D eigenvalue weighted by molar-refractivity contribution is 0.0692. The molecule has 0 aliphatic carbocycles. The number of carboxylic acid groups (broad SMARTS) is 1. The van der Waals surface area contributed by atoms with Gasteiger partial charge in [-0.2, -0.15) is 0 Å². The minimum absolute atomic E-state index is 0.135. The van der Waals surface area contributed by atoms with Crippen molar-refractivity contribution in [3.8, 4) is 11.5 Å². The fourth-order valence-electron chi connectivity index (χ4n) is 2.19. The first-order valence-electron chi connectivity index (χ1n) is 6.98. The first-order chi connectivity index (χ1) is 11.6. The first-order valence-corrected chi connectivity index (χ1v) is 6.98. The van der Waals surface area contributed by atoms with Crippen LogP contribution < -0.4 is 9.47 Å². The zero-order chi connectivity index (χ0) is 17.1. The molecule has 24 heavy (non-hydrogen) atoms. The number of azo groups is 1. The van der Waals surface area contributed by atoms with E-state index in [1.54, 1.807) is 54.1 Å². The van der Waals surface area contributed by atoms with Crippen molar-refractivity contribution in [3.05, 3.63) is 48.3 Å². The zero-order valence-corrected chi connectivity index (χ0v) is 13.0. The third kappa shape index (κ3) is 2.76. The van der Waals surface area contributed by atoms with Gasteiger partial charge in [-0.15, -0.1) is 10.2 Å². The number of hydrogen-bond acceptors (Lipinski definition) is 6. The molecular formula is C16H14N4O4. The van der Waals surface area contributed by atoms with Gasteiger partial charge in [-0.3, -0.25) is 4.40 Å². The van der Waals surface area contributed by atoms with E-state index in [2.05, 4.69) is 15.2 Å². The van der Waals surface area contributed by atoms with Gasteiger partial charge in [-0.25, -0.2) is 9.78 Å². The Hall–Kier alpha value is -3.42. The summed E-state index contributed by atoms with van der Waals surface area (Å²) < 4.78 is 11.9. The number of benzene rings is 1. The van der Waals surface area contributed by atoms with Crippen LogP contribution in [0, 0.1) is 0 Å². The molecule has 0 saturated carbocycles. The average molecular weight is 326 g/mol. The molecule has 0 radical (unpaired) electrons. The molecular weight excluding hydrogens is 312 g/mol. The highest BCUT2D eigenvalue weighted by Crippen LogP contribution is 2.33. The van der Waals surface area contributed by atoms with Crippen molar-refractivity contribution < 1.29 is 19.4 Å². The van der Waals surface area contributed by atoms with Crippen LogP contribution >= 0.6 is 0 Å². The van der Waals surface area contributed by atoms with Crippen molar-refractivity contribution in [1.29, 1.82) is 0 Å². The molecule has 1 aromatic carbocycles. The van der Waals surface area contributed by atoms with E-state index < -0.39 is 5.97 Å². The van der Waals surface area contributed by atoms with Gasteiger partial charge in [0, 0.05) is 12.3 Å². The van der Waals surface area contributed by atoms with Crippen molar-refractivity contribution in [3.63, 3.8) is 0 Å². The molecule has 0 amide bonds. The summed E-state index contributed by atoms with van der Waals surface area (Å²) in [5.41, 5.74) is 0.753. The van der Waals surface area contributed by atoms with Crippen LogP contribution in [0.3, 0.4) is 0 Å². The van der Waals surface area contributed by atoms with Gasteiger partial charge in [-0.1, -0.05) is 6.07 Å². The number of carbonyl (C=O) groups is 1. The van der Waals surface area contributed by atoms with Crippen LogP contribution in [0.4, 0.5) is 11.5 Å². The van der Waals surface area contributed by atoms with E-state index in [9.17, 15) is 9.90 Å². The van der Waals surface area contributed by atoms with Crippen LogP contribution in [0.25, 0.3) is 5.65 Å². The van der Waals surface area contributed by atoms with E-state index in [1.165, 1.54) is 7.11 Å². The van der Waals surface area contributed by atoms with Crippen molar-refractivity contribution in [2.75, 3.05) is 14.2 Å². The number of methoxy groups -OCH3 is 2. The SMILES string of the molecule is COc1ccc(N=Nc2c(C(=O)O)nc3ccccn23)c(OC)c1. The van der Waals surface area contributed by atoms with Crippen molar-refractivity contribution in [1.82, 2.24) is 9.38 Å². The Labute approximate surface area is 137 Å². The summed E-state index contributed by atoms with van der Waals surface area (Å²) in [6, 6.07) is 10.3. The largest absolute Gasteiger partial charge is 0.497 e. The van der Waals surface area contributed by atoms with Crippen LogP contribution in [-0.2, 0) is 0 Å². The minimum Gasteiger partial charge on any atom is -0.497 e. The number of nitrogens with zero attached hydrogens (tertiary/aromatic N) is 4. The van der Waals surface area contributed by atoms with Gasteiger partial charge < -0.3 is 14.6 Å². The number of aromatic nitrogens is 2. The molecule has 8 heteroatoms. The number of hydrogen-bond donors (Lipinski definition) is 1. The second kappa shape index (κ2) is 6.37. The van der Waals surface area contributed by atoms with Crippen LogP contribution in [-0.4, -0.2) is 34.7 Å². The maximum Gasteiger partial charge on any atom is 0.358 e. The minimum atomic E-state index is -1.17. The lowest BCUT2D eigenvalue weighted by Gasteiger charge is -2.06. The smallest absolute Gasteiger partial charge is 0.358 e. The summed E-state index contributed by atoms with van der Waals surface area (Å²) in [5.74, 6) is 0.0425. The standard InChI is InChI=1S/C16H14N4O4/c1-23-10-6-7-11(12(9-10)24-2)18-19-15-14(16(21)22)17-13-5-3-4-8-20(13)15/h3-9H,1-2H3,(H,21,22). The van der Waals surface area contributed by atoms with Crippen LogP contribution in [0.2, 0.25) is 0 Å². The molecule has 8 nitrogen and oxygen atoms in total. The molecule has 2 aromatic heterocycles. The van der Waals surface area contributed by atoms with Crippen LogP contribution in [0.5, 0.6) is 11.5 Å². The van der Waals surface area contributed by atoms with E-state index in [-0.39, 0.29) is 11.5 Å². The predicted octanol–water partition coefficient (Wildman–Crippen LogP) is 3.47. The Bertz CT molecular complexity index is 933. The summed E-state index contributed by atoms with van der Waals surface area (Å²) >= 11 is 0. The van der Waals surface area contributed by atoms with Gasteiger partial charge in [0.1, 0.15) is 22.8 Å². The summed E-state index contributed by atoms with van der Waals surface area (Å²) in [7, 11) is 3.05. The number of imidazole rings is 1. The van der Waals surface area contributed by atoms with Gasteiger partial charge in [-0.05, 0) is 24.3 Å². The summed E-state index contributed by atoms with van der Waals surface area (Å²) in [6.45, 7) is 0. The quantitative estimate of drug-likeness (QED) is 0.724. The van der Waals surface area contributed by atoms with Crippen molar-refractivity contribution in [2.45, 2.75) is 0 Å². The molecule has 1 N–H and O–H groups in total. The summed E-state index contributed by atoms with van der Waals surface area (Å²) in [6.07, 6.45) is 1.67. The number of fused-ring (bicyclic) bond motifs is 1. The van der Waals surface area contributed by atoms with Crippen LogP contribution in [0.15, 0.2) is 52.8 Å². The highest BCUT2D eigenvalue weighted by atomic mass is 16.5. The molecule has 3 rings (SSSR count). The Balaban J connectivity index is 2.08. The second-order valence-corrected chi connectivity index (χ2v) is 4.76. The summed E-state index contributed by atoms with van der Waals surface area (Å²) in [5, 5.41) is 17.5. The van der Waals surface area contributed by atoms with E-state index >= 15 is 0 Å². The van der Waals surface area contributed by atoms with Crippen molar-refractivity contribution in [2.24, 2.45) is 10.2 Å². The summed E-state index contributed by atoms with van der Waals surface area (Å²) in [4.78, 5) is 15.4. The Morgan fingerprint density at radius 2 is 2.00 bits per heavy atom. The molecule has 2 heterocycles. The lowest BCUT2D eigenvalue weighted by Crippen LogP contribution is -1.96. The maximum atomic E-state index is 11.4. The molecule has 0 fully saturated rings. The Kier molecular flexibility index (Phi) is 4.11. The van der Waals surface area contributed by atoms with Gasteiger partial charge >= 0.3 is 5.97 Å². The molecule has 0 saturated heterocycles. The lowest BCUT2D eigenvalue weighted by atomic mass is 10.3. The van der Waals surface area contributed by atoms with Crippen molar-refractivity contribution >= 4 is 23.1 Å². The topological polar surface area (TPSA) is 97.8 Å². The number of carboxylic acids is 1. The molecule has 122 valence electrons. The Morgan fingerprint density at radius 3 is 2.71 bits per heavy atom. The van der Waals surface area contributed by atoms with Gasteiger partial charge in [0.05, 0.1) is 14.2 Å². The highest BCUT2D eigenvalue weighted by Gasteiger charge is 2.18. The number of rotatable bonds is 5. The fraction of sp³-hybridized carbons (Fsp3) is 0.125. The molecule has 0 bridgehead atoms. The zero-order valence-electron chi connectivity index (χ0n) is 13.0. The van der Waals surface area contributed by atoms with Gasteiger partial charge in [0.2, 0.25) is 0 Å². The third-order valence-corrected chi connectivity index (χ3v) is 3.35. The second-order valence-electron chi connectivity index (χ2n) is 4.76. The number of aromatic carboxylic acids is 1. The molecule has 0 aliphatic rings. The predicted molar refractivity (Wildman–Crippen MR) is 85.9 cm³/mol. The van der Waals surface area contributed by atoms with E-state index in [0.29, 0.717) is 22.8 Å². The molecule has 0 unspecified atom stereocenters. The first kappa shape index (κ1) is 15.5. The fourth-order valence-corrected chi connectivity index (χ4v) is 2.19. The van der Waals surface area contributed by atoms with E-state index in [1.807, 2.05) is 0 Å². The molecule has 0 aliphatic heterocycles. The molecule has 3 aromatic rings. The van der Waals surface area contributed by atoms with Crippen LogP contribution in [0.1, 0.15) is 10.5 Å². The average Bonchev–Trinajstić information content (AvgIpc) is 2.98. The number of pyridine rings is 1. The highest BCUT2D eigenvalue weighted by molar-refractivity contribution is 5.91. The maximum absolute atomic E-state index is 11.4. The van der Waals surface area contributed by atoms with E-state index in [4.69, 9.17) is 9.47 Å². The normalized spacial score (nSPS) is 11.1.